The summed E-state index contributed by atoms with van der Waals surface area (Å²) >= 11 is 6.02. The van der Waals surface area contributed by atoms with Crippen LogP contribution in [-0.2, 0) is 24.7 Å². The molecular weight excluding hydrogens is 751 g/mol. The van der Waals surface area contributed by atoms with Crippen LogP contribution in [0.3, 0.4) is 0 Å². The largest absolute Gasteiger partial charge is 0.467 e. The Labute approximate surface area is 315 Å². The van der Waals surface area contributed by atoms with Crippen molar-refractivity contribution in [2.75, 3.05) is 36.2 Å². The molecular formula is C35H33ClF3N9O7. The Morgan fingerprint density at radius 2 is 1.47 bits per heavy atom. The molecule has 0 radical (unpaired) electrons. The highest BCUT2D eigenvalue weighted by molar-refractivity contribution is 6.39. The molecule has 55 heavy (non-hydrogen) atoms. The van der Waals surface area contributed by atoms with Crippen LogP contribution < -0.4 is 37.1 Å². The first-order valence-electron chi connectivity index (χ1n) is 16.4. The van der Waals surface area contributed by atoms with E-state index in [1.165, 1.54) is 48.5 Å². The molecule has 0 bridgehead atoms. The Balaban J connectivity index is 1.19. The second-order valence-corrected chi connectivity index (χ2v) is 12.5. The molecule has 0 unspecified atom stereocenters. The number of aromatic nitrogens is 3. The summed E-state index contributed by atoms with van der Waals surface area (Å²) in [5, 5.41) is 13.8. The quantitative estimate of drug-likeness (QED) is 0.0747. The molecule has 20 heteroatoms. The summed E-state index contributed by atoms with van der Waals surface area (Å²) in [7, 11) is 1.11. The first kappa shape index (κ1) is 39.7. The van der Waals surface area contributed by atoms with E-state index in [0.717, 1.165) is 12.7 Å². The van der Waals surface area contributed by atoms with E-state index in [2.05, 4.69) is 41.5 Å². The van der Waals surface area contributed by atoms with Gasteiger partial charge in [-0.2, -0.15) is 28.1 Å². The van der Waals surface area contributed by atoms with Gasteiger partial charge in [0.1, 0.15) is 6.04 Å². The number of ether oxygens (including phenoxy) is 2. The molecule has 1 aromatic heterocycles. The van der Waals surface area contributed by atoms with Gasteiger partial charge in [-0.25, -0.2) is 4.79 Å². The number of benzene rings is 3. The summed E-state index contributed by atoms with van der Waals surface area (Å²) in [6.07, 6.45) is -3.39. The SMILES string of the molecule is COC(=O)[C@H](CCNC(=O)C(=O)Nc1ccc(C(N)=O)cc1)NC(=O)c1ccc(Nc2nc(NC3(c4ccc(Cl)cc4)CC3)nc(OCC(F)(F)F)n2)cc1. The maximum absolute atomic E-state index is 13.1. The molecule has 288 valence electrons. The average molecular weight is 784 g/mol. The fraction of sp³-hybridized carbons (Fsp3) is 0.257. The number of alkyl halides is 3. The fourth-order valence-corrected chi connectivity index (χ4v) is 5.18. The molecule has 1 fully saturated rings. The number of rotatable bonds is 15. The Morgan fingerprint density at radius 3 is 2.07 bits per heavy atom. The zero-order valence-corrected chi connectivity index (χ0v) is 29.6. The molecule has 4 aromatic rings. The Morgan fingerprint density at radius 1 is 0.855 bits per heavy atom. The number of hydrogen-bond donors (Lipinski definition) is 6. The number of amides is 4. The number of hydrogen-bond acceptors (Lipinski definition) is 12. The summed E-state index contributed by atoms with van der Waals surface area (Å²) in [5.41, 5.74) is 6.39. The second kappa shape index (κ2) is 17.1. The number of anilines is 4. The van der Waals surface area contributed by atoms with E-state index in [1.54, 1.807) is 12.1 Å². The fourth-order valence-electron chi connectivity index (χ4n) is 5.06. The maximum Gasteiger partial charge on any atom is 0.422 e. The van der Waals surface area contributed by atoms with E-state index in [0.29, 0.717) is 23.6 Å². The normalized spacial score (nSPS) is 13.4. The molecule has 5 rings (SSSR count). The van der Waals surface area contributed by atoms with Crippen molar-refractivity contribution in [3.05, 3.63) is 94.5 Å². The average Bonchev–Trinajstić information content (AvgIpc) is 3.93. The first-order chi connectivity index (χ1) is 26.1. The van der Waals surface area contributed by atoms with Crippen molar-refractivity contribution in [2.24, 2.45) is 5.73 Å². The third-order valence-corrected chi connectivity index (χ3v) is 8.28. The van der Waals surface area contributed by atoms with Crippen LogP contribution in [0.25, 0.3) is 0 Å². The van der Waals surface area contributed by atoms with Crippen LogP contribution in [0.5, 0.6) is 6.01 Å². The minimum absolute atomic E-state index is 0.0415. The van der Waals surface area contributed by atoms with Gasteiger partial charge < -0.3 is 41.8 Å². The first-order valence-corrected chi connectivity index (χ1v) is 16.8. The third-order valence-electron chi connectivity index (χ3n) is 8.02. The lowest BCUT2D eigenvalue weighted by molar-refractivity contribution is -0.154. The van der Waals surface area contributed by atoms with E-state index in [1.807, 2.05) is 12.1 Å². The number of halogens is 4. The zero-order valence-electron chi connectivity index (χ0n) is 28.8. The summed E-state index contributed by atoms with van der Waals surface area (Å²) in [6.45, 7) is -1.83. The van der Waals surface area contributed by atoms with Crippen LogP contribution in [0.15, 0.2) is 72.8 Å². The molecule has 1 atom stereocenters. The van der Waals surface area contributed by atoms with Crippen molar-refractivity contribution in [3.8, 4) is 6.01 Å². The van der Waals surface area contributed by atoms with Gasteiger partial charge in [0.15, 0.2) is 6.61 Å². The predicted molar refractivity (Wildman–Crippen MR) is 192 cm³/mol. The smallest absolute Gasteiger partial charge is 0.422 e. The molecule has 1 heterocycles. The van der Waals surface area contributed by atoms with Crippen molar-refractivity contribution < 1.29 is 46.6 Å². The topological polar surface area (TPSA) is 229 Å². The summed E-state index contributed by atoms with van der Waals surface area (Å²) in [4.78, 5) is 73.6. The van der Waals surface area contributed by atoms with Crippen molar-refractivity contribution in [3.63, 3.8) is 0 Å². The van der Waals surface area contributed by atoms with Gasteiger partial charge in [0.2, 0.25) is 17.8 Å². The van der Waals surface area contributed by atoms with Crippen LogP contribution in [0.1, 0.15) is 45.5 Å². The molecule has 1 saturated carbocycles. The van der Waals surface area contributed by atoms with E-state index < -0.39 is 60.0 Å². The molecule has 16 nitrogen and oxygen atoms in total. The number of esters is 1. The number of nitrogens with zero attached hydrogens (tertiary/aromatic N) is 3. The molecule has 0 aliphatic heterocycles. The van der Waals surface area contributed by atoms with Crippen LogP contribution in [-0.4, -0.2) is 77.0 Å². The highest BCUT2D eigenvalue weighted by atomic mass is 35.5. The highest BCUT2D eigenvalue weighted by Gasteiger charge is 2.45. The van der Waals surface area contributed by atoms with Crippen molar-refractivity contribution >= 4 is 64.5 Å². The lowest BCUT2D eigenvalue weighted by Gasteiger charge is -2.19. The van der Waals surface area contributed by atoms with Crippen LogP contribution in [0, 0.1) is 0 Å². The minimum atomic E-state index is -4.65. The Hall–Kier alpha value is -6.50. The van der Waals surface area contributed by atoms with Crippen LogP contribution in [0.2, 0.25) is 5.02 Å². The van der Waals surface area contributed by atoms with Gasteiger partial charge in [-0.15, -0.1) is 0 Å². The number of primary amides is 1. The van der Waals surface area contributed by atoms with Gasteiger partial charge in [-0.1, -0.05) is 23.7 Å². The number of nitrogens with one attached hydrogen (secondary N) is 5. The highest BCUT2D eigenvalue weighted by Crippen LogP contribution is 2.48. The van der Waals surface area contributed by atoms with Gasteiger partial charge in [0, 0.05) is 34.1 Å². The van der Waals surface area contributed by atoms with Crippen molar-refractivity contribution in [1.82, 2.24) is 25.6 Å². The van der Waals surface area contributed by atoms with Gasteiger partial charge >= 0.3 is 30.0 Å². The number of carbonyl (C=O) groups excluding carboxylic acids is 5. The van der Waals surface area contributed by atoms with E-state index in [-0.39, 0.29) is 41.7 Å². The van der Waals surface area contributed by atoms with Gasteiger partial charge in [0.05, 0.1) is 12.6 Å². The molecule has 7 N–H and O–H groups in total. The summed E-state index contributed by atoms with van der Waals surface area (Å²) in [6, 6.07) is 16.5. The van der Waals surface area contributed by atoms with Gasteiger partial charge in [-0.05, 0) is 85.5 Å². The third kappa shape index (κ3) is 11.2. The van der Waals surface area contributed by atoms with Gasteiger partial charge in [-0.3, -0.25) is 19.2 Å². The van der Waals surface area contributed by atoms with E-state index in [4.69, 9.17) is 26.8 Å². The lowest BCUT2D eigenvalue weighted by atomic mass is 10.1. The molecule has 3 aromatic carbocycles. The Bertz CT molecular complexity index is 2050. The molecule has 4 amide bonds. The Kier molecular flexibility index (Phi) is 12.3. The van der Waals surface area contributed by atoms with Gasteiger partial charge in [0.25, 0.3) is 5.91 Å². The van der Waals surface area contributed by atoms with E-state index in [9.17, 15) is 37.1 Å². The van der Waals surface area contributed by atoms with Crippen molar-refractivity contribution in [1.29, 1.82) is 0 Å². The minimum Gasteiger partial charge on any atom is -0.467 e. The standard InChI is InChI=1S/C35H33ClF3N9O7/c1-54-30(53)25(14-17-41-28(51)29(52)42-23-10-2-19(3-11-23)26(40)49)44-27(50)20-4-12-24(13-5-20)43-31-45-32(47-33(46-31)55-18-35(37,38)39)48-34(15-16-34)21-6-8-22(36)9-7-21/h2-13,25H,14-18H2,1H3,(H2,40,49)(H,41,51)(H,42,52)(H,44,50)(H2,43,45,46,47,48)/t25-/m0/s1. The molecule has 0 spiro atoms. The van der Waals surface area contributed by atoms with Crippen molar-refractivity contribution in [2.45, 2.75) is 37.0 Å². The molecule has 1 aliphatic rings. The maximum atomic E-state index is 13.1. The summed E-state index contributed by atoms with van der Waals surface area (Å²) in [5.74, 6) is -4.39. The lowest BCUT2D eigenvalue weighted by Crippen LogP contribution is -2.44. The molecule has 1 aliphatic carbocycles. The van der Waals surface area contributed by atoms with Crippen LogP contribution >= 0.6 is 11.6 Å². The second-order valence-electron chi connectivity index (χ2n) is 12.1. The predicted octanol–water partition coefficient (Wildman–Crippen LogP) is 3.83. The molecule has 0 saturated heterocycles. The number of nitrogens with two attached hydrogens (primary N) is 1. The number of carbonyl (C=O) groups is 5. The zero-order chi connectivity index (χ0) is 39.8. The summed E-state index contributed by atoms with van der Waals surface area (Å²) < 4.78 is 48.4. The monoisotopic (exact) mass is 783 g/mol. The van der Waals surface area contributed by atoms with Crippen LogP contribution in [0.4, 0.5) is 36.4 Å². The number of methoxy groups -OCH3 is 1. The van der Waals surface area contributed by atoms with E-state index >= 15 is 0 Å².